The van der Waals surface area contributed by atoms with Crippen LogP contribution in [0.15, 0.2) is 24.3 Å². The molecule has 0 aliphatic heterocycles. The second-order valence-electron chi connectivity index (χ2n) is 6.78. The Balaban J connectivity index is 2.37. The standard InChI is InChI=1S/C20H38ClN4O2PS2/c1-22-11-3-13-24-15-5-17-29-28(26,27-20-9-7-19(21)8-10-20)30-18-6-16-25-14-4-12-23-2/h7-10,22-25H,3-6,11-18H2,1-2H3. The van der Waals surface area contributed by atoms with Gasteiger partial charge in [0, 0.05) is 16.5 Å². The fourth-order valence-corrected chi connectivity index (χ4v) is 9.36. The number of hydrogen-bond acceptors (Lipinski definition) is 8. The molecular formula is C20H38ClN4O2PS2. The normalized spacial score (nSPS) is 11.7. The van der Waals surface area contributed by atoms with Gasteiger partial charge in [-0.1, -0.05) is 11.6 Å². The number of benzene rings is 1. The molecule has 0 aliphatic rings. The molecule has 0 unspecified atom stereocenters. The summed E-state index contributed by atoms with van der Waals surface area (Å²) in [5.74, 6) is -0.655. The molecule has 10 heteroatoms. The summed E-state index contributed by atoms with van der Waals surface area (Å²) in [5, 5.41) is 13.8. The van der Waals surface area contributed by atoms with Crippen LogP contribution >= 0.6 is 40.1 Å². The van der Waals surface area contributed by atoms with Crippen molar-refractivity contribution >= 4 is 40.1 Å². The highest BCUT2D eigenvalue weighted by molar-refractivity contribution is 8.89. The van der Waals surface area contributed by atoms with Gasteiger partial charge in [0.25, 0.3) is 0 Å². The largest absolute Gasteiger partial charge is 0.429 e. The van der Waals surface area contributed by atoms with Crippen molar-refractivity contribution in [3.63, 3.8) is 0 Å². The Labute approximate surface area is 195 Å². The molecule has 0 aromatic heterocycles. The highest BCUT2D eigenvalue weighted by Crippen LogP contribution is 2.69. The maximum Gasteiger partial charge on any atom is 0.359 e. The van der Waals surface area contributed by atoms with E-state index in [1.807, 2.05) is 14.1 Å². The van der Waals surface area contributed by atoms with Crippen LogP contribution in [0.4, 0.5) is 0 Å². The average molecular weight is 497 g/mol. The fraction of sp³-hybridized carbons (Fsp3) is 0.700. The first-order chi connectivity index (χ1) is 14.6. The number of hydrogen-bond donors (Lipinski definition) is 4. The van der Waals surface area contributed by atoms with Gasteiger partial charge >= 0.3 is 5.77 Å². The Morgan fingerprint density at radius 2 is 1.27 bits per heavy atom. The van der Waals surface area contributed by atoms with Gasteiger partial charge in [0.05, 0.1) is 0 Å². The van der Waals surface area contributed by atoms with Gasteiger partial charge in [0.2, 0.25) is 0 Å². The lowest BCUT2D eigenvalue weighted by Gasteiger charge is -2.18. The van der Waals surface area contributed by atoms with Gasteiger partial charge in [-0.3, -0.25) is 4.57 Å². The third-order valence-corrected chi connectivity index (χ3v) is 11.7. The van der Waals surface area contributed by atoms with Crippen LogP contribution in [0.5, 0.6) is 5.75 Å². The van der Waals surface area contributed by atoms with Crippen LogP contribution in [0, 0.1) is 0 Å². The van der Waals surface area contributed by atoms with E-state index < -0.39 is 5.77 Å². The molecule has 4 N–H and O–H groups in total. The molecular weight excluding hydrogens is 459 g/mol. The van der Waals surface area contributed by atoms with Gasteiger partial charge in [-0.2, -0.15) is 0 Å². The van der Waals surface area contributed by atoms with Gasteiger partial charge < -0.3 is 25.8 Å². The summed E-state index contributed by atoms with van der Waals surface area (Å²) < 4.78 is 19.4. The lowest BCUT2D eigenvalue weighted by Crippen LogP contribution is -2.21. The maximum absolute atomic E-state index is 13.4. The third-order valence-electron chi connectivity index (χ3n) is 4.09. The Morgan fingerprint density at radius 1 is 0.800 bits per heavy atom. The molecule has 0 saturated carbocycles. The van der Waals surface area contributed by atoms with Gasteiger partial charge in [-0.05, 0) is 126 Å². The minimum Gasteiger partial charge on any atom is -0.429 e. The second kappa shape index (κ2) is 18.6. The zero-order valence-corrected chi connectivity index (χ0v) is 21.5. The highest BCUT2D eigenvalue weighted by Gasteiger charge is 2.26. The van der Waals surface area contributed by atoms with E-state index in [9.17, 15) is 4.57 Å². The zero-order valence-electron chi connectivity index (χ0n) is 18.3. The first-order valence-electron chi connectivity index (χ1n) is 10.6. The quantitative estimate of drug-likeness (QED) is 0.156. The Hall–Kier alpha value is 0.0800. The van der Waals surface area contributed by atoms with E-state index in [-0.39, 0.29) is 0 Å². The lowest BCUT2D eigenvalue weighted by molar-refractivity contribution is 0.515. The number of halogens is 1. The Morgan fingerprint density at radius 3 is 1.73 bits per heavy atom. The summed E-state index contributed by atoms with van der Waals surface area (Å²) in [4.78, 5) is 0. The molecule has 1 rings (SSSR count). The van der Waals surface area contributed by atoms with Gasteiger partial charge in [0.15, 0.2) is 0 Å². The second-order valence-corrected chi connectivity index (χ2v) is 14.8. The molecule has 0 bridgehead atoms. The molecule has 0 fully saturated rings. The van der Waals surface area contributed by atoms with E-state index in [1.165, 1.54) is 22.8 Å². The van der Waals surface area contributed by atoms with E-state index >= 15 is 0 Å². The summed E-state index contributed by atoms with van der Waals surface area (Å²) in [6.45, 7) is 5.90. The van der Waals surface area contributed by atoms with Crippen molar-refractivity contribution in [3.05, 3.63) is 29.3 Å². The molecule has 0 amide bonds. The maximum atomic E-state index is 13.4. The smallest absolute Gasteiger partial charge is 0.359 e. The first kappa shape index (κ1) is 28.1. The molecule has 174 valence electrons. The van der Waals surface area contributed by atoms with Crippen molar-refractivity contribution < 1.29 is 9.09 Å². The van der Waals surface area contributed by atoms with E-state index in [4.69, 9.17) is 16.1 Å². The minimum absolute atomic E-state index is 0.609. The fourth-order valence-electron chi connectivity index (χ4n) is 2.49. The van der Waals surface area contributed by atoms with Crippen molar-refractivity contribution in [2.24, 2.45) is 0 Å². The molecule has 0 spiro atoms. The van der Waals surface area contributed by atoms with Crippen molar-refractivity contribution in [1.82, 2.24) is 21.3 Å². The van der Waals surface area contributed by atoms with Gasteiger partial charge in [-0.15, -0.1) is 0 Å². The Kier molecular flexibility index (Phi) is 17.5. The van der Waals surface area contributed by atoms with E-state index in [2.05, 4.69) is 21.3 Å². The van der Waals surface area contributed by atoms with Crippen LogP contribution in [0.25, 0.3) is 0 Å². The molecule has 1 aromatic rings. The van der Waals surface area contributed by atoms with Crippen molar-refractivity contribution in [2.45, 2.75) is 25.7 Å². The molecule has 0 heterocycles. The molecule has 6 nitrogen and oxygen atoms in total. The Bertz CT molecular complexity index is 560. The van der Waals surface area contributed by atoms with Crippen LogP contribution in [0.3, 0.4) is 0 Å². The summed E-state index contributed by atoms with van der Waals surface area (Å²) in [7, 11) is 3.93. The first-order valence-corrected chi connectivity index (χ1v) is 15.8. The summed E-state index contributed by atoms with van der Waals surface area (Å²) in [5.41, 5.74) is 0. The molecule has 0 radical (unpaired) electrons. The van der Waals surface area contributed by atoms with Crippen LogP contribution in [-0.2, 0) is 4.57 Å². The third kappa shape index (κ3) is 15.0. The topological polar surface area (TPSA) is 74.4 Å². The molecule has 0 atom stereocenters. The number of nitrogens with one attached hydrogen (secondary N) is 4. The van der Waals surface area contributed by atoms with Crippen LogP contribution in [0.2, 0.25) is 5.02 Å². The van der Waals surface area contributed by atoms with Gasteiger partial charge in [0.1, 0.15) is 5.75 Å². The minimum atomic E-state index is -2.87. The van der Waals surface area contributed by atoms with E-state index in [0.717, 1.165) is 76.5 Å². The zero-order chi connectivity index (χ0) is 21.9. The summed E-state index contributed by atoms with van der Waals surface area (Å²) >= 11 is 8.85. The molecule has 30 heavy (non-hydrogen) atoms. The van der Waals surface area contributed by atoms with E-state index in [1.54, 1.807) is 24.3 Å². The van der Waals surface area contributed by atoms with Crippen LogP contribution in [-0.4, -0.2) is 64.9 Å². The van der Waals surface area contributed by atoms with Crippen molar-refractivity contribution in [3.8, 4) is 5.75 Å². The van der Waals surface area contributed by atoms with Crippen LogP contribution in [0.1, 0.15) is 25.7 Å². The summed E-state index contributed by atoms with van der Waals surface area (Å²) in [6.07, 6.45) is 4.15. The molecule has 1 aromatic carbocycles. The average Bonchev–Trinajstić information content (AvgIpc) is 2.74. The predicted molar refractivity (Wildman–Crippen MR) is 137 cm³/mol. The van der Waals surface area contributed by atoms with Gasteiger partial charge in [-0.25, -0.2) is 0 Å². The number of rotatable bonds is 20. The predicted octanol–water partition coefficient (Wildman–Crippen LogP) is 4.47. The lowest BCUT2D eigenvalue weighted by atomic mass is 10.3. The van der Waals surface area contributed by atoms with E-state index in [0.29, 0.717) is 10.8 Å². The SMILES string of the molecule is CNCCCNCCCSP(=O)(Oc1ccc(Cl)cc1)SCCCNCCCNC. The van der Waals surface area contributed by atoms with Crippen LogP contribution < -0.4 is 25.8 Å². The summed E-state index contributed by atoms with van der Waals surface area (Å²) in [6, 6.07) is 7.09. The van der Waals surface area contributed by atoms with Crippen molar-refractivity contribution in [1.29, 1.82) is 0 Å². The molecule has 0 saturated heterocycles. The van der Waals surface area contributed by atoms with Crippen molar-refractivity contribution in [2.75, 3.05) is 64.9 Å². The highest BCUT2D eigenvalue weighted by atomic mass is 35.5. The monoisotopic (exact) mass is 496 g/mol. The molecule has 0 aliphatic carbocycles.